The minimum absolute atomic E-state index is 0.271. The first kappa shape index (κ1) is 22.0. The lowest BCUT2D eigenvalue weighted by Gasteiger charge is -2.15. The summed E-state index contributed by atoms with van der Waals surface area (Å²) in [7, 11) is -4.09. The summed E-state index contributed by atoms with van der Waals surface area (Å²) in [5.74, 6) is -2.80. The second kappa shape index (κ2) is 9.40. The molecule has 2 N–H and O–H groups in total. The van der Waals surface area contributed by atoms with Crippen LogP contribution in [0.5, 0.6) is 5.75 Å². The number of hydrogen-bond donors (Lipinski definition) is 2. The van der Waals surface area contributed by atoms with E-state index in [1.54, 1.807) is 37.3 Å². The Morgan fingerprint density at radius 3 is 2.19 bits per heavy atom. The van der Waals surface area contributed by atoms with Gasteiger partial charge in [0.25, 0.3) is 5.91 Å². The molecule has 8 nitrogen and oxygen atoms in total. The van der Waals surface area contributed by atoms with Gasteiger partial charge in [0.2, 0.25) is 0 Å². The molecule has 160 valence electrons. The number of carbonyl (C=O) groups is 2. The molecule has 9 heteroatoms. The molecule has 0 saturated carbocycles. The maximum Gasteiger partial charge on any atom is 0.354 e. The molecule has 0 aliphatic carbocycles. The molecule has 1 amide bonds. The number of carbonyl (C=O) groups excluding carboxylic acids is 1. The topological polar surface area (TPSA) is 123 Å². The summed E-state index contributed by atoms with van der Waals surface area (Å²) in [4.78, 5) is 27.9. The zero-order valence-corrected chi connectivity index (χ0v) is 17.4. The van der Waals surface area contributed by atoms with E-state index in [2.05, 4.69) is 10.3 Å². The number of aromatic nitrogens is 1. The second-order valence-electron chi connectivity index (χ2n) is 6.76. The molecule has 1 atom stereocenters. The molecule has 0 saturated heterocycles. The van der Waals surface area contributed by atoms with Crippen molar-refractivity contribution in [3.8, 4) is 5.75 Å². The fourth-order valence-corrected chi connectivity index (χ4v) is 3.88. The van der Waals surface area contributed by atoms with Crippen LogP contribution in [0.15, 0.2) is 72.8 Å². The van der Waals surface area contributed by atoms with Crippen molar-refractivity contribution in [2.45, 2.75) is 18.7 Å². The van der Waals surface area contributed by atoms with Crippen LogP contribution in [0.1, 0.15) is 45.1 Å². The number of nitrogens with zero attached hydrogens (tertiary/aromatic N) is 1. The Kier molecular flexibility index (Phi) is 6.66. The van der Waals surface area contributed by atoms with Gasteiger partial charge >= 0.3 is 16.1 Å². The van der Waals surface area contributed by atoms with Crippen LogP contribution in [-0.4, -0.2) is 30.4 Å². The van der Waals surface area contributed by atoms with Crippen LogP contribution >= 0.6 is 0 Å². The zero-order chi connectivity index (χ0) is 22.4. The molecule has 1 aromatic heterocycles. The van der Waals surface area contributed by atoms with Crippen molar-refractivity contribution in [1.29, 1.82) is 0 Å². The van der Waals surface area contributed by atoms with Crippen molar-refractivity contribution in [2.75, 3.05) is 0 Å². The van der Waals surface area contributed by atoms with E-state index in [-0.39, 0.29) is 17.5 Å². The van der Waals surface area contributed by atoms with Gasteiger partial charge in [-0.25, -0.2) is 9.78 Å². The molecule has 0 radical (unpaired) electrons. The zero-order valence-electron chi connectivity index (χ0n) is 16.6. The van der Waals surface area contributed by atoms with E-state index in [1.807, 2.05) is 30.3 Å². The molecule has 0 aliphatic heterocycles. The van der Waals surface area contributed by atoms with Crippen LogP contribution < -0.4 is 9.50 Å². The minimum atomic E-state index is -4.09. The Balaban J connectivity index is 1.83. The highest BCUT2D eigenvalue weighted by atomic mass is 32.2. The Morgan fingerprint density at radius 2 is 1.58 bits per heavy atom. The molecule has 0 bridgehead atoms. The van der Waals surface area contributed by atoms with Gasteiger partial charge in [0.15, 0.2) is 5.69 Å². The molecular weight excluding hydrogens is 420 g/mol. The maximum absolute atomic E-state index is 12.6. The van der Waals surface area contributed by atoms with Gasteiger partial charge in [0.05, 0.1) is 6.04 Å². The standard InChI is InChI=1S/C22H20N2O6S/c1-15(17-10-6-3-7-11-17)23-21(25)19-12-18(13-20(24-19)22(26)27)30-31(28,29)14-16-8-4-2-5-9-16/h2-13,15H,14H2,1H3,(H,23,25)(H,26,27)/t15-/m1/s1. The van der Waals surface area contributed by atoms with Gasteiger partial charge < -0.3 is 14.6 Å². The monoisotopic (exact) mass is 440 g/mol. The fourth-order valence-electron chi connectivity index (χ4n) is 2.83. The van der Waals surface area contributed by atoms with E-state index >= 15 is 0 Å². The third-order valence-corrected chi connectivity index (χ3v) is 5.44. The number of rotatable bonds is 8. The largest absolute Gasteiger partial charge is 0.477 e. The van der Waals surface area contributed by atoms with Gasteiger partial charge in [0, 0.05) is 12.1 Å². The van der Waals surface area contributed by atoms with E-state index in [9.17, 15) is 23.1 Å². The quantitative estimate of drug-likeness (QED) is 0.516. The van der Waals surface area contributed by atoms with E-state index in [0.717, 1.165) is 17.7 Å². The Labute approximate surface area is 179 Å². The third kappa shape index (κ3) is 6.13. The van der Waals surface area contributed by atoms with Crippen LogP contribution in [0.25, 0.3) is 0 Å². The highest BCUT2D eigenvalue weighted by molar-refractivity contribution is 7.86. The number of nitrogens with one attached hydrogen (secondary N) is 1. The lowest BCUT2D eigenvalue weighted by Crippen LogP contribution is -2.28. The van der Waals surface area contributed by atoms with Gasteiger partial charge in [0.1, 0.15) is 17.2 Å². The predicted octanol–water partition coefficient (Wildman–Crippen LogP) is 3.18. The molecule has 1 heterocycles. The normalized spacial score (nSPS) is 12.0. The second-order valence-corrected chi connectivity index (χ2v) is 8.33. The van der Waals surface area contributed by atoms with E-state index in [1.165, 1.54) is 0 Å². The Hall–Kier alpha value is -3.72. The summed E-state index contributed by atoms with van der Waals surface area (Å²) < 4.78 is 29.9. The number of aromatic carboxylic acids is 1. The van der Waals surface area contributed by atoms with Crippen molar-refractivity contribution in [3.63, 3.8) is 0 Å². The van der Waals surface area contributed by atoms with E-state index in [0.29, 0.717) is 5.56 Å². The van der Waals surface area contributed by atoms with Crippen LogP contribution in [0.4, 0.5) is 0 Å². The van der Waals surface area contributed by atoms with Crippen LogP contribution in [0, 0.1) is 0 Å². The molecule has 3 aromatic rings. The summed E-state index contributed by atoms with van der Waals surface area (Å²) in [6, 6.07) is 19.2. The fraction of sp³-hybridized carbons (Fsp3) is 0.136. The highest BCUT2D eigenvalue weighted by Gasteiger charge is 2.20. The van der Waals surface area contributed by atoms with Gasteiger partial charge in [-0.3, -0.25) is 4.79 Å². The summed E-state index contributed by atoms with van der Waals surface area (Å²) in [6.07, 6.45) is 0. The third-order valence-electron chi connectivity index (χ3n) is 4.31. The highest BCUT2D eigenvalue weighted by Crippen LogP contribution is 2.20. The number of benzene rings is 2. The first-order valence-corrected chi connectivity index (χ1v) is 10.9. The molecule has 0 spiro atoms. The average molecular weight is 440 g/mol. The first-order valence-electron chi connectivity index (χ1n) is 9.31. The Bertz CT molecular complexity index is 1180. The summed E-state index contributed by atoms with van der Waals surface area (Å²) in [6.45, 7) is 1.76. The molecule has 0 fully saturated rings. The van der Waals surface area contributed by atoms with Crippen molar-refractivity contribution in [3.05, 3.63) is 95.3 Å². The number of carboxylic acids is 1. The van der Waals surface area contributed by atoms with Crippen molar-refractivity contribution < 1.29 is 27.3 Å². The number of amides is 1. The SMILES string of the molecule is C[C@@H](NC(=O)c1cc(OS(=O)(=O)Cc2ccccc2)cc(C(=O)O)n1)c1ccccc1. The molecule has 31 heavy (non-hydrogen) atoms. The van der Waals surface area contributed by atoms with Gasteiger partial charge in [-0.15, -0.1) is 0 Å². The smallest absolute Gasteiger partial charge is 0.354 e. The molecule has 3 rings (SSSR count). The van der Waals surface area contributed by atoms with Crippen LogP contribution in [0.3, 0.4) is 0 Å². The van der Waals surface area contributed by atoms with Crippen molar-refractivity contribution in [1.82, 2.24) is 10.3 Å². The number of carboxylic acid groups (broad SMARTS) is 1. The lowest BCUT2D eigenvalue weighted by molar-refractivity contribution is 0.0690. The van der Waals surface area contributed by atoms with Crippen LogP contribution in [-0.2, 0) is 15.9 Å². The van der Waals surface area contributed by atoms with Crippen molar-refractivity contribution >= 4 is 22.0 Å². The van der Waals surface area contributed by atoms with Gasteiger partial charge in [-0.1, -0.05) is 60.7 Å². The molecule has 0 aliphatic rings. The minimum Gasteiger partial charge on any atom is -0.477 e. The maximum atomic E-state index is 12.6. The number of pyridine rings is 1. The van der Waals surface area contributed by atoms with Crippen LogP contribution in [0.2, 0.25) is 0 Å². The van der Waals surface area contributed by atoms with Gasteiger partial charge in [-0.2, -0.15) is 8.42 Å². The predicted molar refractivity (Wildman–Crippen MR) is 113 cm³/mol. The Morgan fingerprint density at radius 1 is 1.00 bits per heavy atom. The molecule has 0 unspecified atom stereocenters. The average Bonchev–Trinajstić information content (AvgIpc) is 2.74. The summed E-state index contributed by atoms with van der Waals surface area (Å²) in [5, 5.41) is 12.0. The molecular formula is C22H20N2O6S. The van der Waals surface area contributed by atoms with E-state index < -0.39 is 33.4 Å². The van der Waals surface area contributed by atoms with Gasteiger partial charge in [-0.05, 0) is 18.1 Å². The first-order chi connectivity index (χ1) is 14.7. The van der Waals surface area contributed by atoms with Crippen molar-refractivity contribution in [2.24, 2.45) is 0 Å². The summed E-state index contributed by atoms with van der Waals surface area (Å²) in [5.41, 5.74) is 0.564. The molecule has 2 aromatic carbocycles. The summed E-state index contributed by atoms with van der Waals surface area (Å²) >= 11 is 0. The lowest BCUT2D eigenvalue weighted by atomic mass is 10.1. The van der Waals surface area contributed by atoms with E-state index in [4.69, 9.17) is 4.18 Å². The number of hydrogen-bond acceptors (Lipinski definition) is 6.